The predicted molar refractivity (Wildman–Crippen MR) is 112 cm³/mol. The van der Waals surface area contributed by atoms with Crippen LogP contribution in [0.4, 0.5) is 5.69 Å². The minimum absolute atomic E-state index is 0.269. The number of halogens is 2. The van der Waals surface area contributed by atoms with E-state index < -0.39 is 0 Å². The van der Waals surface area contributed by atoms with Gasteiger partial charge in [0.05, 0.1) is 23.3 Å². The van der Waals surface area contributed by atoms with Gasteiger partial charge in [-0.05, 0) is 55.3 Å². The Labute approximate surface area is 170 Å². The van der Waals surface area contributed by atoms with Crippen molar-refractivity contribution in [3.63, 3.8) is 0 Å². The van der Waals surface area contributed by atoms with E-state index in [1.807, 2.05) is 25.1 Å². The molecule has 27 heavy (non-hydrogen) atoms. The number of hydrogen-bond acceptors (Lipinski definition) is 3. The minimum atomic E-state index is -0.269. The van der Waals surface area contributed by atoms with Crippen molar-refractivity contribution >= 4 is 40.9 Å². The quantitative estimate of drug-likeness (QED) is 0.396. The molecule has 1 N–H and O–H groups in total. The van der Waals surface area contributed by atoms with Crippen LogP contribution >= 0.6 is 23.2 Å². The number of benzene rings is 2. The zero-order valence-electron chi connectivity index (χ0n) is 15.4. The van der Waals surface area contributed by atoms with E-state index in [9.17, 15) is 4.79 Å². The Bertz CT molecular complexity index is 806. The summed E-state index contributed by atoms with van der Waals surface area (Å²) in [6.07, 6.45) is 5.22. The Kier molecular flexibility index (Phi) is 8.49. The van der Waals surface area contributed by atoms with E-state index in [0.29, 0.717) is 40.4 Å². The normalized spacial score (nSPS) is 10.8. The smallest absolute Gasteiger partial charge is 0.248 e. The molecule has 0 aliphatic rings. The van der Waals surface area contributed by atoms with Gasteiger partial charge < -0.3 is 14.8 Å². The number of anilines is 1. The highest BCUT2D eigenvalue weighted by Crippen LogP contribution is 2.29. The van der Waals surface area contributed by atoms with Crippen LogP contribution in [-0.4, -0.2) is 19.1 Å². The third-order valence-corrected chi connectivity index (χ3v) is 4.38. The van der Waals surface area contributed by atoms with Crippen molar-refractivity contribution in [2.45, 2.75) is 26.7 Å². The lowest BCUT2D eigenvalue weighted by atomic mass is 10.2. The zero-order valence-corrected chi connectivity index (χ0v) is 16.9. The van der Waals surface area contributed by atoms with Crippen molar-refractivity contribution in [3.05, 3.63) is 58.1 Å². The molecule has 0 saturated heterocycles. The molecule has 1 amide bonds. The molecule has 0 fully saturated rings. The molecular weight excluding hydrogens is 385 g/mol. The first-order valence-electron chi connectivity index (χ1n) is 8.87. The van der Waals surface area contributed by atoms with Gasteiger partial charge in [0.2, 0.25) is 5.91 Å². The van der Waals surface area contributed by atoms with Gasteiger partial charge in [0.25, 0.3) is 0 Å². The van der Waals surface area contributed by atoms with Crippen LogP contribution in [0.3, 0.4) is 0 Å². The number of carbonyl (C=O) groups excluding carboxylic acids is 1. The first-order valence-corrected chi connectivity index (χ1v) is 9.62. The molecule has 2 aromatic carbocycles. The van der Waals surface area contributed by atoms with Crippen molar-refractivity contribution in [1.29, 1.82) is 0 Å². The average Bonchev–Trinajstić information content (AvgIpc) is 2.65. The van der Waals surface area contributed by atoms with E-state index >= 15 is 0 Å². The lowest BCUT2D eigenvalue weighted by Crippen LogP contribution is -2.07. The summed E-state index contributed by atoms with van der Waals surface area (Å²) in [6, 6.07) is 10.5. The average molecular weight is 408 g/mol. The molecule has 4 nitrogen and oxygen atoms in total. The molecule has 0 bridgehead atoms. The summed E-state index contributed by atoms with van der Waals surface area (Å²) < 4.78 is 11.4. The van der Waals surface area contributed by atoms with Gasteiger partial charge in [-0.1, -0.05) is 42.6 Å². The Morgan fingerprint density at radius 3 is 2.56 bits per heavy atom. The molecule has 0 saturated carbocycles. The molecule has 0 atom stereocenters. The number of nitrogens with one attached hydrogen (secondary N) is 1. The van der Waals surface area contributed by atoms with Crippen LogP contribution in [0.2, 0.25) is 10.0 Å². The van der Waals surface area contributed by atoms with Crippen LogP contribution in [0, 0.1) is 0 Å². The number of rotatable bonds is 9. The summed E-state index contributed by atoms with van der Waals surface area (Å²) in [6.45, 7) is 5.22. The van der Waals surface area contributed by atoms with Crippen molar-refractivity contribution < 1.29 is 14.3 Å². The topological polar surface area (TPSA) is 47.6 Å². The van der Waals surface area contributed by atoms with E-state index in [1.165, 1.54) is 6.08 Å². The monoisotopic (exact) mass is 407 g/mol. The molecule has 0 radical (unpaired) electrons. The third-order valence-electron chi connectivity index (χ3n) is 3.64. The van der Waals surface area contributed by atoms with Crippen molar-refractivity contribution in [2.75, 3.05) is 18.5 Å². The second kappa shape index (κ2) is 10.9. The number of ether oxygens (including phenoxy) is 2. The lowest BCUT2D eigenvalue weighted by molar-refractivity contribution is -0.111. The van der Waals surface area contributed by atoms with Crippen molar-refractivity contribution in [1.82, 2.24) is 0 Å². The summed E-state index contributed by atoms with van der Waals surface area (Å²) in [5.41, 5.74) is 1.42. The molecule has 0 aliphatic carbocycles. The summed E-state index contributed by atoms with van der Waals surface area (Å²) in [7, 11) is 0. The zero-order chi connectivity index (χ0) is 19.6. The largest absolute Gasteiger partial charge is 0.490 e. The van der Waals surface area contributed by atoms with Gasteiger partial charge in [-0.15, -0.1) is 0 Å². The van der Waals surface area contributed by atoms with Gasteiger partial charge in [0, 0.05) is 11.8 Å². The minimum Gasteiger partial charge on any atom is -0.490 e. The molecule has 0 aliphatic heterocycles. The second-order valence-corrected chi connectivity index (χ2v) is 6.61. The summed E-state index contributed by atoms with van der Waals surface area (Å²) in [5.74, 6) is 1.11. The first kappa shape index (κ1) is 21.1. The summed E-state index contributed by atoms with van der Waals surface area (Å²) >= 11 is 11.8. The molecule has 0 heterocycles. The number of hydrogen-bond donors (Lipinski definition) is 1. The summed E-state index contributed by atoms with van der Waals surface area (Å²) in [4.78, 5) is 12.1. The fraction of sp³-hybridized carbons (Fsp3) is 0.286. The van der Waals surface area contributed by atoms with E-state index in [-0.39, 0.29) is 5.91 Å². The van der Waals surface area contributed by atoms with Crippen molar-refractivity contribution in [2.24, 2.45) is 0 Å². The van der Waals surface area contributed by atoms with E-state index in [0.717, 1.165) is 18.4 Å². The second-order valence-electron chi connectivity index (χ2n) is 5.79. The van der Waals surface area contributed by atoms with E-state index in [2.05, 4.69) is 12.2 Å². The van der Waals surface area contributed by atoms with Gasteiger partial charge in [0.1, 0.15) is 0 Å². The third kappa shape index (κ3) is 6.81. The molecule has 2 rings (SSSR count). The first-order chi connectivity index (χ1) is 13.0. The highest BCUT2D eigenvalue weighted by molar-refractivity contribution is 6.42. The molecule has 2 aromatic rings. The van der Waals surface area contributed by atoms with Gasteiger partial charge in [-0.3, -0.25) is 4.79 Å². The predicted octanol–water partition coefficient (Wildman–Crippen LogP) is 6.22. The maximum Gasteiger partial charge on any atom is 0.248 e. The maximum absolute atomic E-state index is 12.1. The Morgan fingerprint density at radius 2 is 1.85 bits per heavy atom. The highest BCUT2D eigenvalue weighted by Gasteiger charge is 2.06. The van der Waals surface area contributed by atoms with E-state index in [1.54, 1.807) is 24.3 Å². The van der Waals surface area contributed by atoms with Crippen LogP contribution in [0.1, 0.15) is 32.3 Å². The number of unbranched alkanes of at least 4 members (excludes halogenated alkanes) is 1. The van der Waals surface area contributed by atoms with Crippen LogP contribution in [0.5, 0.6) is 11.5 Å². The Balaban J connectivity index is 2.04. The van der Waals surface area contributed by atoms with Crippen LogP contribution in [0.15, 0.2) is 42.5 Å². The van der Waals surface area contributed by atoms with Gasteiger partial charge in [-0.25, -0.2) is 0 Å². The Hall–Kier alpha value is -2.17. The van der Waals surface area contributed by atoms with E-state index in [4.69, 9.17) is 32.7 Å². The summed E-state index contributed by atoms with van der Waals surface area (Å²) in [5, 5.41) is 3.57. The molecular formula is C21H23Cl2NO3. The number of amides is 1. The molecule has 0 aromatic heterocycles. The van der Waals surface area contributed by atoms with Gasteiger partial charge in [0.15, 0.2) is 11.5 Å². The van der Waals surface area contributed by atoms with Crippen LogP contribution in [0.25, 0.3) is 6.08 Å². The number of carbonyl (C=O) groups is 1. The Morgan fingerprint density at radius 1 is 1.04 bits per heavy atom. The van der Waals surface area contributed by atoms with Crippen LogP contribution in [-0.2, 0) is 4.79 Å². The SMILES string of the molecule is CCCCOc1ccc(/C=C/C(=O)Nc2ccc(Cl)c(Cl)c2)cc1OCC. The molecule has 144 valence electrons. The fourth-order valence-electron chi connectivity index (χ4n) is 2.27. The van der Waals surface area contributed by atoms with Crippen LogP contribution < -0.4 is 14.8 Å². The van der Waals surface area contributed by atoms with Gasteiger partial charge >= 0.3 is 0 Å². The lowest BCUT2D eigenvalue weighted by Gasteiger charge is -2.12. The molecule has 0 unspecified atom stereocenters. The standard InChI is InChI=1S/C21H23Cl2NO3/c1-3-5-12-27-19-10-6-15(13-20(19)26-4-2)7-11-21(25)24-16-8-9-17(22)18(23)14-16/h6-11,13-14H,3-5,12H2,1-2H3,(H,24,25)/b11-7+. The van der Waals surface area contributed by atoms with Crippen molar-refractivity contribution in [3.8, 4) is 11.5 Å². The molecule has 6 heteroatoms. The van der Waals surface area contributed by atoms with Gasteiger partial charge in [-0.2, -0.15) is 0 Å². The fourth-order valence-corrected chi connectivity index (χ4v) is 2.57. The highest BCUT2D eigenvalue weighted by atomic mass is 35.5. The molecule has 0 spiro atoms. The maximum atomic E-state index is 12.1.